The van der Waals surface area contributed by atoms with Crippen molar-refractivity contribution in [2.45, 2.75) is 12.5 Å². The quantitative estimate of drug-likeness (QED) is 0.420. The van der Waals surface area contributed by atoms with Crippen molar-refractivity contribution < 1.29 is 4.39 Å². The lowest BCUT2D eigenvalue weighted by Gasteiger charge is -2.21. The van der Waals surface area contributed by atoms with Gasteiger partial charge in [0.1, 0.15) is 5.82 Å². The highest BCUT2D eigenvalue weighted by Gasteiger charge is 2.24. The first-order valence-electron chi connectivity index (χ1n) is 4.45. The van der Waals surface area contributed by atoms with Crippen molar-refractivity contribution in [1.82, 2.24) is 0 Å². The van der Waals surface area contributed by atoms with Crippen molar-refractivity contribution in [1.29, 1.82) is 0 Å². The van der Waals surface area contributed by atoms with Crippen LogP contribution in [0.3, 0.4) is 0 Å². The molecule has 1 rings (SSSR count). The molecule has 0 saturated carbocycles. The van der Waals surface area contributed by atoms with Gasteiger partial charge < -0.3 is 0 Å². The van der Waals surface area contributed by atoms with Gasteiger partial charge in [-0.2, -0.15) is 0 Å². The lowest BCUT2D eigenvalue weighted by atomic mass is 9.93. The molecule has 0 aromatic heterocycles. The molecular weight excluding hydrogens is 211 g/mol. The SMILES string of the molecule is CC(CN=[N+]=[N-])(N=[N+]=[N-])c1ccc(F)cc1. The summed E-state index contributed by atoms with van der Waals surface area (Å²) in [5.74, 6) is -0.379. The molecule has 1 aromatic rings. The van der Waals surface area contributed by atoms with Gasteiger partial charge in [0.15, 0.2) is 0 Å². The Bertz CT molecular complexity index is 457. The average Bonchev–Trinajstić information content (AvgIpc) is 2.27. The predicted octanol–water partition coefficient (Wildman–Crippen LogP) is 3.66. The van der Waals surface area contributed by atoms with Crippen LogP contribution in [0.4, 0.5) is 4.39 Å². The molecule has 1 unspecified atom stereocenters. The highest BCUT2D eigenvalue weighted by molar-refractivity contribution is 5.25. The Morgan fingerprint density at radius 2 is 1.88 bits per heavy atom. The standard InChI is InChI=1S/C9H9FN6/c1-9(14-16-12,6-13-15-11)7-2-4-8(10)5-3-7/h2-5H,6H2,1H3. The van der Waals surface area contributed by atoms with E-state index in [2.05, 4.69) is 20.1 Å². The molecule has 7 heteroatoms. The largest absolute Gasteiger partial charge is 0.207 e. The lowest BCUT2D eigenvalue weighted by Crippen LogP contribution is -2.22. The van der Waals surface area contributed by atoms with Crippen molar-refractivity contribution in [3.8, 4) is 0 Å². The third kappa shape index (κ3) is 2.63. The van der Waals surface area contributed by atoms with Crippen LogP contribution in [-0.4, -0.2) is 6.54 Å². The van der Waals surface area contributed by atoms with Crippen molar-refractivity contribution in [3.63, 3.8) is 0 Å². The van der Waals surface area contributed by atoms with Gasteiger partial charge in [0, 0.05) is 16.4 Å². The first kappa shape index (κ1) is 11.8. The second-order valence-electron chi connectivity index (χ2n) is 3.36. The fourth-order valence-corrected chi connectivity index (χ4v) is 1.26. The number of halogens is 1. The molecule has 0 aliphatic heterocycles. The zero-order chi connectivity index (χ0) is 12.0. The summed E-state index contributed by atoms with van der Waals surface area (Å²) in [6.45, 7) is 1.60. The van der Waals surface area contributed by atoms with E-state index in [1.807, 2.05) is 0 Å². The number of hydrogen-bond acceptors (Lipinski definition) is 2. The fraction of sp³-hybridized carbons (Fsp3) is 0.333. The molecule has 6 nitrogen and oxygen atoms in total. The number of azide groups is 2. The van der Waals surface area contributed by atoms with Crippen LogP contribution in [-0.2, 0) is 5.54 Å². The van der Waals surface area contributed by atoms with Crippen LogP contribution in [0, 0.1) is 5.82 Å². The van der Waals surface area contributed by atoms with Gasteiger partial charge in [-0.25, -0.2) is 4.39 Å². The third-order valence-corrected chi connectivity index (χ3v) is 2.17. The number of nitrogens with zero attached hydrogens (tertiary/aromatic N) is 6. The minimum absolute atomic E-state index is 0.0147. The molecule has 0 fully saturated rings. The molecule has 0 aliphatic carbocycles. The molecule has 1 atom stereocenters. The summed E-state index contributed by atoms with van der Waals surface area (Å²) in [6.07, 6.45) is 0. The predicted molar refractivity (Wildman–Crippen MR) is 56.9 cm³/mol. The van der Waals surface area contributed by atoms with E-state index in [9.17, 15) is 4.39 Å². The van der Waals surface area contributed by atoms with E-state index in [1.54, 1.807) is 6.92 Å². The van der Waals surface area contributed by atoms with E-state index in [1.165, 1.54) is 24.3 Å². The molecule has 0 heterocycles. The Morgan fingerprint density at radius 1 is 1.25 bits per heavy atom. The van der Waals surface area contributed by atoms with E-state index in [-0.39, 0.29) is 12.4 Å². The van der Waals surface area contributed by atoms with Gasteiger partial charge in [-0.3, -0.25) is 0 Å². The molecular formula is C9H9FN6. The van der Waals surface area contributed by atoms with Crippen LogP contribution in [0.1, 0.15) is 12.5 Å². The average molecular weight is 220 g/mol. The summed E-state index contributed by atoms with van der Waals surface area (Å²) in [4.78, 5) is 5.32. The highest BCUT2D eigenvalue weighted by Crippen LogP contribution is 2.26. The van der Waals surface area contributed by atoms with Crippen LogP contribution < -0.4 is 0 Å². The van der Waals surface area contributed by atoms with Crippen LogP contribution >= 0.6 is 0 Å². The minimum atomic E-state index is -0.991. The molecule has 82 valence electrons. The van der Waals surface area contributed by atoms with Crippen molar-refractivity contribution in [3.05, 3.63) is 56.5 Å². The molecule has 0 saturated heterocycles. The smallest absolute Gasteiger partial charge is 0.123 e. The van der Waals surface area contributed by atoms with Crippen molar-refractivity contribution in [2.24, 2.45) is 10.2 Å². The summed E-state index contributed by atoms with van der Waals surface area (Å²) in [7, 11) is 0. The van der Waals surface area contributed by atoms with E-state index in [0.717, 1.165) is 0 Å². The van der Waals surface area contributed by atoms with Gasteiger partial charge in [0.2, 0.25) is 0 Å². The minimum Gasteiger partial charge on any atom is -0.207 e. The number of benzene rings is 1. The van der Waals surface area contributed by atoms with Crippen molar-refractivity contribution >= 4 is 0 Å². The molecule has 0 N–H and O–H groups in total. The van der Waals surface area contributed by atoms with Gasteiger partial charge in [0.05, 0.1) is 5.54 Å². The first-order chi connectivity index (χ1) is 7.62. The third-order valence-electron chi connectivity index (χ3n) is 2.17. The van der Waals surface area contributed by atoms with Gasteiger partial charge in [0.25, 0.3) is 0 Å². The Hall–Kier alpha value is -2.23. The summed E-state index contributed by atoms with van der Waals surface area (Å²) >= 11 is 0. The second kappa shape index (κ2) is 5.02. The van der Waals surface area contributed by atoms with Gasteiger partial charge in [-0.1, -0.05) is 22.4 Å². The van der Waals surface area contributed by atoms with E-state index in [0.29, 0.717) is 5.56 Å². The molecule has 0 radical (unpaired) electrons. The molecule has 0 spiro atoms. The Labute approximate surface area is 91.0 Å². The van der Waals surface area contributed by atoms with E-state index in [4.69, 9.17) is 11.1 Å². The summed E-state index contributed by atoms with van der Waals surface area (Å²) < 4.78 is 12.7. The molecule has 16 heavy (non-hydrogen) atoms. The van der Waals surface area contributed by atoms with E-state index >= 15 is 0 Å². The molecule has 0 amide bonds. The zero-order valence-electron chi connectivity index (χ0n) is 8.58. The second-order valence-corrected chi connectivity index (χ2v) is 3.36. The van der Waals surface area contributed by atoms with Crippen LogP contribution in [0.15, 0.2) is 34.5 Å². The molecule has 0 bridgehead atoms. The summed E-state index contributed by atoms with van der Waals surface area (Å²) in [5, 5.41) is 6.97. The first-order valence-corrected chi connectivity index (χ1v) is 4.45. The maximum Gasteiger partial charge on any atom is 0.123 e. The Kier molecular flexibility index (Phi) is 3.72. The number of rotatable bonds is 4. The Morgan fingerprint density at radius 3 is 2.38 bits per heavy atom. The lowest BCUT2D eigenvalue weighted by molar-refractivity contribution is 0.502. The van der Waals surface area contributed by atoms with Crippen LogP contribution in [0.2, 0.25) is 0 Å². The summed E-state index contributed by atoms with van der Waals surface area (Å²) in [5.41, 5.74) is 16.3. The Balaban J connectivity index is 3.14. The van der Waals surface area contributed by atoms with Crippen LogP contribution in [0.25, 0.3) is 20.9 Å². The fourth-order valence-electron chi connectivity index (χ4n) is 1.26. The van der Waals surface area contributed by atoms with Gasteiger partial charge in [-0.05, 0) is 35.7 Å². The maximum atomic E-state index is 12.7. The molecule has 1 aromatic carbocycles. The van der Waals surface area contributed by atoms with E-state index < -0.39 is 5.54 Å². The maximum absolute atomic E-state index is 12.7. The monoisotopic (exact) mass is 220 g/mol. The van der Waals surface area contributed by atoms with Crippen molar-refractivity contribution in [2.75, 3.05) is 6.54 Å². The van der Waals surface area contributed by atoms with Gasteiger partial charge in [-0.15, -0.1) is 0 Å². The van der Waals surface area contributed by atoms with Gasteiger partial charge >= 0.3 is 0 Å². The highest BCUT2D eigenvalue weighted by atomic mass is 19.1. The molecule has 0 aliphatic rings. The normalized spacial score (nSPS) is 13.1. The summed E-state index contributed by atoms with van der Waals surface area (Å²) in [6, 6.07) is 5.51. The number of hydrogen-bond donors (Lipinski definition) is 0. The topological polar surface area (TPSA) is 97.5 Å². The zero-order valence-corrected chi connectivity index (χ0v) is 8.58. The van der Waals surface area contributed by atoms with Crippen LogP contribution in [0.5, 0.6) is 0 Å².